The van der Waals surface area contributed by atoms with Crippen LogP contribution in [0.15, 0.2) is 0 Å². The number of hydrogen-bond donors (Lipinski definition) is 0. The van der Waals surface area contributed by atoms with Crippen molar-refractivity contribution in [1.29, 1.82) is 0 Å². The van der Waals surface area contributed by atoms with Crippen molar-refractivity contribution in [3.05, 3.63) is 0 Å². The predicted octanol–water partition coefficient (Wildman–Crippen LogP) is 1.84. The predicted molar refractivity (Wildman–Crippen MR) is 32.0 cm³/mol. The Morgan fingerprint density at radius 1 is 1.29 bits per heavy atom. The second-order valence-electron chi connectivity index (χ2n) is 2.81. The van der Waals surface area contributed by atoms with Crippen molar-refractivity contribution < 1.29 is 4.46 Å². The molecule has 0 aliphatic heterocycles. The Bertz CT molecular complexity index is 80.6. The van der Waals surface area contributed by atoms with E-state index in [1.54, 1.807) is 6.55 Å². The van der Waals surface area contributed by atoms with Crippen LogP contribution in [0.5, 0.6) is 0 Å². The molecular formula is C5H12OSi. The molecule has 0 heterocycles. The van der Waals surface area contributed by atoms with E-state index in [2.05, 4.69) is 0 Å². The van der Waals surface area contributed by atoms with Crippen LogP contribution >= 0.6 is 0 Å². The third kappa shape index (κ3) is 2.68. The van der Waals surface area contributed by atoms with Crippen LogP contribution in [0.3, 0.4) is 0 Å². The van der Waals surface area contributed by atoms with Gasteiger partial charge in [-0.25, -0.2) is 0 Å². The van der Waals surface area contributed by atoms with Crippen LogP contribution in [0.4, 0.5) is 0 Å². The van der Waals surface area contributed by atoms with Gasteiger partial charge >= 0.3 is 0 Å². The molecule has 0 saturated heterocycles. The maximum absolute atomic E-state index is 10.7. The summed E-state index contributed by atoms with van der Waals surface area (Å²) >= 11 is 0. The fourth-order valence-electron chi connectivity index (χ4n) is 0. The molecule has 42 valence electrons. The van der Waals surface area contributed by atoms with E-state index in [4.69, 9.17) is 0 Å². The zero-order valence-corrected chi connectivity index (χ0v) is 6.41. The van der Waals surface area contributed by atoms with Crippen LogP contribution in [0.2, 0.25) is 11.6 Å². The monoisotopic (exact) mass is 116 g/mol. The Balaban J connectivity index is 3.79. The first-order valence-corrected chi connectivity index (χ1v) is 4.36. The van der Waals surface area contributed by atoms with E-state index >= 15 is 0 Å². The lowest BCUT2D eigenvalue weighted by molar-refractivity contribution is 0.531. The smallest absolute Gasteiger partial charge is 0.278 e. The van der Waals surface area contributed by atoms with Crippen molar-refractivity contribution in [1.82, 2.24) is 0 Å². The molecule has 0 bridgehead atoms. The minimum absolute atomic E-state index is 0.0463. The average molecular weight is 116 g/mol. The maximum Gasteiger partial charge on any atom is 0.278 e. The van der Waals surface area contributed by atoms with Crippen LogP contribution in [0, 0.1) is 0 Å². The van der Waals surface area contributed by atoms with Gasteiger partial charge in [-0.15, -0.1) is 0 Å². The fraction of sp³-hybridized carbons (Fsp3) is 1.00. The molecule has 0 saturated carbocycles. The van der Waals surface area contributed by atoms with Crippen LogP contribution in [-0.4, -0.2) is 8.68 Å². The van der Waals surface area contributed by atoms with Gasteiger partial charge in [-0.1, -0.05) is 20.8 Å². The lowest BCUT2D eigenvalue weighted by atomic mass is 10.3. The van der Waals surface area contributed by atoms with E-state index in [1.807, 2.05) is 20.8 Å². The lowest BCUT2D eigenvalue weighted by Crippen LogP contribution is -2.09. The molecule has 2 heteroatoms. The molecule has 0 radical (unpaired) electrons. The van der Waals surface area contributed by atoms with E-state index in [0.29, 0.717) is 0 Å². The highest BCUT2D eigenvalue weighted by atomic mass is 28.3. The summed E-state index contributed by atoms with van der Waals surface area (Å²) in [6.07, 6.45) is 0. The molecule has 0 amide bonds. The molecule has 0 spiro atoms. The summed E-state index contributed by atoms with van der Waals surface area (Å²) in [6, 6.07) is 0. The van der Waals surface area contributed by atoms with Crippen LogP contribution in [0.25, 0.3) is 0 Å². The Kier molecular flexibility index (Phi) is 1.87. The van der Waals surface area contributed by atoms with E-state index < -0.39 is 8.68 Å². The minimum Gasteiger partial charge on any atom is -0.388 e. The molecule has 0 aliphatic rings. The molecule has 7 heavy (non-hydrogen) atoms. The van der Waals surface area contributed by atoms with Gasteiger partial charge in [0.25, 0.3) is 8.68 Å². The number of rotatable bonds is 0. The van der Waals surface area contributed by atoms with Gasteiger partial charge in [0.2, 0.25) is 0 Å². The highest BCUT2D eigenvalue weighted by Crippen LogP contribution is 2.21. The first-order valence-electron chi connectivity index (χ1n) is 2.45. The van der Waals surface area contributed by atoms with Gasteiger partial charge in [-0.2, -0.15) is 0 Å². The quantitative estimate of drug-likeness (QED) is 0.441. The van der Waals surface area contributed by atoms with E-state index in [0.717, 1.165) is 0 Å². The summed E-state index contributed by atoms with van der Waals surface area (Å²) in [6.45, 7) is 7.78. The second kappa shape index (κ2) is 1.86. The lowest BCUT2D eigenvalue weighted by Gasteiger charge is -2.09. The largest absolute Gasteiger partial charge is 0.388 e. The topological polar surface area (TPSA) is 17.1 Å². The fourth-order valence-corrected chi connectivity index (χ4v) is 0. The van der Waals surface area contributed by atoms with Crippen molar-refractivity contribution in [3.63, 3.8) is 0 Å². The summed E-state index contributed by atoms with van der Waals surface area (Å²) in [4.78, 5) is 0. The minimum atomic E-state index is -1.30. The zero-order chi connectivity index (χ0) is 6.08. The van der Waals surface area contributed by atoms with Crippen molar-refractivity contribution >= 4 is 8.68 Å². The molecule has 0 fully saturated rings. The third-order valence-corrected chi connectivity index (χ3v) is 3.17. The van der Waals surface area contributed by atoms with Crippen LogP contribution in [-0.2, 0) is 4.46 Å². The first kappa shape index (κ1) is 7.02. The van der Waals surface area contributed by atoms with E-state index in [9.17, 15) is 4.46 Å². The highest BCUT2D eigenvalue weighted by molar-refractivity contribution is 6.44. The first-order chi connectivity index (χ1) is 2.94. The van der Waals surface area contributed by atoms with E-state index in [-0.39, 0.29) is 5.04 Å². The molecule has 0 aromatic rings. The average Bonchev–Trinajstić information content (AvgIpc) is 1.31. The van der Waals surface area contributed by atoms with Gasteiger partial charge in [-0.3, -0.25) is 0 Å². The zero-order valence-electron chi connectivity index (χ0n) is 5.41. The van der Waals surface area contributed by atoms with Gasteiger partial charge in [0.1, 0.15) is 0 Å². The molecule has 1 nitrogen and oxygen atoms in total. The Hall–Kier alpha value is 0.0169. The van der Waals surface area contributed by atoms with Gasteiger partial charge in [0.05, 0.1) is 0 Å². The van der Waals surface area contributed by atoms with E-state index in [1.165, 1.54) is 0 Å². The molecule has 0 unspecified atom stereocenters. The number of hydrogen-bond acceptors (Lipinski definition) is 1. The maximum atomic E-state index is 10.7. The summed E-state index contributed by atoms with van der Waals surface area (Å²) in [7, 11) is -1.30. The van der Waals surface area contributed by atoms with Gasteiger partial charge in [0.15, 0.2) is 0 Å². The van der Waals surface area contributed by atoms with Gasteiger partial charge in [0, 0.05) is 5.04 Å². The van der Waals surface area contributed by atoms with Crippen molar-refractivity contribution in [2.45, 2.75) is 32.4 Å². The Morgan fingerprint density at radius 2 is 1.43 bits per heavy atom. The summed E-state index contributed by atoms with van der Waals surface area (Å²) in [5.74, 6) is 0. The van der Waals surface area contributed by atoms with Crippen LogP contribution < -0.4 is 0 Å². The molecule has 0 rings (SSSR count). The molecule has 0 aromatic heterocycles. The van der Waals surface area contributed by atoms with Gasteiger partial charge < -0.3 is 4.46 Å². The van der Waals surface area contributed by atoms with Crippen molar-refractivity contribution in [2.75, 3.05) is 0 Å². The molecule has 0 aliphatic carbocycles. The SMILES string of the molecule is C[Si](=O)C(C)(C)C. The Labute approximate surface area is 46.4 Å². The molecular weight excluding hydrogens is 104 g/mol. The summed E-state index contributed by atoms with van der Waals surface area (Å²) in [5.41, 5.74) is 0. The third-order valence-electron chi connectivity index (χ3n) is 1.06. The molecule has 0 N–H and O–H groups in total. The molecule has 0 aromatic carbocycles. The summed E-state index contributed by atoms with van der Waals surface area (Å²) in [5, 5.41) is 0.0463. The van der Waals surface area contributed by atoms with Crippen molar-refractivity contribution in [3.8, 4) is 0 Å². The summed E-state index contributed by atoms with van der Waals surface area (Å²) < 4.78 is 10.7. The van der Waals surface area contributed by atoms with Gasteiger partial charge in [-0.05, 0) is 6.55 Å². The molecule has 0 atom stereocenters. The standard InChI is InChI=1S/C5H12OSi/c1-5(2,3)7(4)6/h1-4H3. The highest BCUT2D eigenvalue weighted by Gasteiger charge is 2.17. The van der Waals surface area contributed by atoms with Crippen LogP contribution in [0.1, 0.15) is 20.8 Å². The normalized spacial score (nSPS) is 11.4. The Morgan fingerprint density at radius 3 is 1.43 bits per heavy atom. The second-order valence-corrected chi connectivity index (χ2v) is 5.42. The van der Waals surface area contributed by atoms with Crippen molar-refractivity contribution in [2.24, 2.45) is 0 Å².